The maximum atomic E-state index is 12.2. The third-order valence-electron chi connectivity index (χ3n) is 2.76. The van der Waals surface area contributed by atoms with Crippen LogP contribution < -0.4 is 15.0 Å². The molecule has 22 heavy (non-hydrogen) atoms. The summed E-state index contributed by atoms with van der Waals surface area (Å²) in [7, 11) is -2.56. The first-order valence-electron chi connectivity index (χ1n) is 6.15. The molecule has 6 nitrogen and oxygen atoms in total. The van der Waals surface area contributed by atoms with E-state index in [1.54, 1.807) is 36.4 Å². The molecule has 0 unspecified atom stereocenters. The molecular weight excluding hydrogens is 372 g/mol. The fraction of sp³-hybridized carbons (Fsp3) is 0.0714. The summed E-state index contributed by atoms with van der Waals surface area (Å²) in [4.78, 5) is 13.9. The first-order valence-corrected chi connectivity index (χ1v) is 8.42. The molecule has 2 aromatic rings. The number of sulfonamides is 1. The summed E-state index contributed by atoms with van der Waals surface area (Å²) in [5.74, 6) is -0.376. The minimum Gasteiger partial charge on any atom is -0.495 e. The molecule has 0 aromatic heterocycles. The number of hydrogen-bond donors (Lipinski definition) is 2. The van der Waals surface area contributed by atoms with Crippen molar-refractivity contribution in [1.82, 2.24) is 10.3 Å². The van der Waals surface area contributed by atoms with Gasteiger partial charge in [0.15, 0.2) is 0 Å². The Balaban J connectivity index is 2.13. The average molecular weight is 385 g/mol. The zero-order chi connectivity index (χ0) is 16.2. The third-order valence-corrected chi connectivity index (χ3v) is 4.58. The summed E-state index contributed by atoms with van der Waals surface area (Å²) >= 11 is 3.25. The van der Waals surface area contributed by atoms with E-state index in [1.165, 1.54) is 19.2 Å². The SMILES string of the molecule is COc1ccccc1S(=O)(=O)NNC(=O)c1ccc(Br)cc1. The second kappa shape index (κ2) is 6.91. The molecule has 8 heteroatoms. The Hall–Kier alpha value is -1.90. The Labute approximate surface area is 136 Å². The first-order chi connectivity index (χ1) is 10.4. The van der Waals surface area contributed by atoms with Gasteiger partial charge in [-0.15, -0.1) is 4.83 Å². The quantitative estimate of drug-likeness (QED) is 0.772. The Morgan fingerprint density at radius 1 is 1.09 bits per heavy atom. The van der Waals surface area contributed by atoms with E-state index in [-0.39, 0.29) is 10.6 Å². The number of amides is 1. The summed E-state index contributed by atoms with van der Waals surface area (Å²) in [6.45, 7) is 0. The highest BCUT2D eigenvalue weighted by Gasteiger charge is 2.19. The molecule has 0 radical (unpaired) electrons. The lowest BCUT2D eigenvalue weighted by atomic mass is 10.2. The maximum absolute atomic E-state index is 12.2. The Morgan fingerprint density at radius 2 is 1.73 bits per heavy atom. The number of ether oxygens (including phenoxy) is 1. The molecule has 2 rings (SSSR count). The highest BCUT2D eigenvalue weighted by molar-refractivity contribution is 9.10. The number of rotatable bonds is 5. The normalized spacial score (nSPS) is 11.0. The van der Waals surface area contributed by atoms with Crippen LogP contribution in [0.3, 0.4) is 0 Å². The van der Waals surface area contributed by atoms with Crippen molar-refractivity contribution >= 4 is 31.9 Å². The molecule has 0 heterocycles. The number of benzene rings is 2. The van der Waals surface area contributed by atoms with Crippen LogP contribution in [0.2, 0.25) is 0 Å². The fourth-order valence-corrected chi connectivity index (χ4v) is 2.96. The summed E-state index contributed by atoms with van der Waals surface area (Å²) in [5, 5.41) is 0. The molecule has 0 bridgehead atoms. The van der Waals surface area contributed by atoms with Gasteiger partial charge in [-0.25, -0.2) is 8.42 Å². The monoisotopic (exact) mass is 384 g/mol. The van der Waals surface area contributed by atoms with Gasteiger partial charge in [-0.1, -0.05) is 28.1 Å². The minimum atomic E-state index is -3.93. The van der Waals surface area contributed by atoms with Gasteiger partial charge in [0.2, 0.25) is 0 Å². The number of hydrazine groups is 1. The van der Waals surface area contributed by atoms with E-state index in [1.807, 2.05) is 4.83 Å². The number of methoxy groups -OCH3 is 1. The van der Waals surface area contributed by atoms with Gasteiger partial charge in [0.25, 0.3) is 15.9 Å². The molecule has 1 amide bonds. The molecule has 2 N–H and O–H groups in total. The predicted octanol–water partition coefficient (Wildman–Crippen LogP) is 2.08. The average Bonchev–Trinajstić information content (AvgIpc) is 2.53. The van der Waals surface area contributed by atoms with Crippen LogP contribution in [0.25, 0.3) is 0 Å². The number of para-hydroxylation sites is 1. The third kappa shape index (κ3) is 3.85. The predicted molar refractivity (Wildman–Crippen MR) is 84.9 cm³/mol. The van der Waals surface area contributed by atoms with Crippen LogP contribution in [-0.2, 0) is 10.0 Å². The van der Waals surface area contributed by atoms with E-state index >= 15 is 0 Å². The van der Waals surface area contributed by atoms with Crippen LogP contribution in [0.4, 0.5) is 0 Å². The molecule has 0 aliphatic heterocycles. The van der Waals surface area contributed by atoms with Crippen molar-refractivity contribution in [2.75, 3.05) is 7.11 Å². The second-order valence-electron chi connectivity index (χ2n) is 4.22. The Morgan fingerprint density at radius 3 is 2.36 bits per heavy atom. The summed E-state index contributed by atoms with van der Waals surface area (Å²) in [5.41, 5.74) is 2.49. The molecule has 0 saturated carbocycles. The minimum absolute atomic E-state index is 0.0615. The molecule has 0 aliphatic carbocycles. The number of carbonyl (C=O) groups excluding carboxylic acids is 1. The molecule has 2 aromatic carbocycles. The number of nitrogens with one attached hydrogen (secondary N) is 2. The smallest absolute Gasteiger partial charge is 0.266 e. The summed E-state index contributed by atoms with van der Waals surface area (Å²) in [6.07, 6.45) is 0. The lowest BCUT2D eigenvalue weighted by Crippen LogP contribution is -2.41. The van der Waals surface area contributed by atoms with Crippen LogP contribution in [-0.4, -0.2) is 21.4 Å². The van der Waals surface area contributed by atoms with Crippen molar-refractivity contribution < 1.29 is 17.9 Å². The zero-order valence-electron chi connectivity index (χ0n) is 11.5. The van der Waals surface area contributed by atoms with Crippen molar-refractivity contribution in [1.29, 1.82) is 0 Å². The van der Waals surface area contributed by atoms with Crippen molar-refractivity contribution in [3.05, 3.63) is 58.6 Å². The summed E-state index contributed by atoms with van der Waals surface area (Å²) < 4.78 is 30.2. The van der Waals surface area contributed by atoms with Crippen molar-refractivity contribution in [2.45, 2.75) is 4.90 Å². The van der Waals surface area contributed by atoms with E-state index in [4.69, 9.17) is 4.74 Å². The van der Waals surface area contributed by atoms with Gasteiger partial charge in [-0.05, 0) is 36.4 Å². The van der Waals surface area contributed by atoms with Crippen LogP contribution in [0.15, 0.2) is 57.9 Å². The van der Waals surface area contributed by atoms with E-state index in [2.05, 4.69) is 21.4 Å². The lowest BCUT2D eigenvalue weighted by molar-refractivity contribution is 0.0945. The highest BCUT2D eigenvalue weighted by atomic mass is 79.9. The van der Waals surface area contributed by atoms with Crippen molar-refractivity contribution in [2.24, 2.45) is 0 Å². The number of hydrogen-bond acceptors (Lipinski definition) is 4. The van der Waals surface area contributed by atoms with Gasteiger partial charge in [-0.3, -0.25) is 10.2 Å². The van der Waals surface area contributed by atoms with Crippen LogP contribution >= 0.6 is 15.9 Å². The number of carbonyl (C=O) groups is 1. The van der Waals surface area contributed by atoms with Crippen molar-refractivity contribution in [3.8, 4) is 5.75 Å². The molecule has 0 spiro atoms. The van der Waals surface area contributed by atoms with Crippen molar-refractivity contribution in [3.63, 3.8) is 0 Å². The van der Waals surface area contributed by atoms with Crippen LogP contribution in [0.1, 0.15) is 10.4 Å². The van der Waals surface area contributed by atoms with Gasteiger partial charge < -0.3 is 4.74 Å². The van der Waals surface area contributed by atoms with Gasteiger partial charge in [0.05, 0.1) is 7.11 Å². The van der Waals surface area contributed by atoms with Gasteiger partial charge in [0.1, 0.15) is 10.6 Å². The zero-order valence-corrected chi connectivity index (χ0v) is 13.9. The fourth-order valence-electron chi connectivity index (χ4n) is 1.68. The maximum Gasteiger partial charge on any atom is 0.266 e. The van der Waals surface area contributed by atoms with Crippen LogP contribution in [0, 0.1) is 0 Å². The van der Waals surface area contributed by atoms with Crippen LogP contribution in [0.5, 0.6) is 5.75 Å². The molecule has 0 saturated heterocycles. The standard InChI is InChI=1S/C14H13BrN2O4S/c1-21-12-4-2-3-5-13(12)22(19,20)17-16-14(18)10-6-8-11(15)9-7-10/h2-9,17H,1H3,(H,16,18). The second-order valence-corrected chi connectivity index (χ2v) is 6.78. The molecule has 0 atom stereocenters. The van der Waals surface area contributed by atoms with E-state index in [9.17, 15) is 13.2 Å². The van der Waals surface area contributed by atoms with E-state index in [0.717, 1.165) is 4.47 Å². The Kier molecular flexibility index (Phi) is 5.17. The highest BCUT2D eigenvalue weighted by Crippen LogP contribution is 2.22. The lowest BCUT2D eigenvalue weighted by Gasteiger charge is -2.11. The summed E-state index contributed by atoms with van der Waals surface area (Å²) in [6, 6.07) is 12.6. The van der Waals surface area contributed by atoms with E-state index < -0.39 is 15.9 Å². The van der Waals surface area contributed by atoms with Gasteiger partial charge in [0, 0.05) is 10.0 Å². The topological polar surface area (TPSA) is 84.5 Å². The molecule has 0 fully saturated rings. The number of halogens is 1. The van der Waals surface area contributed by atoms with E-state index in [0.29, 0.717) is 5.56 Å². The largest absolute Gasteiger partial charge is 0.495 e. The Bertz CT molecular complexity index is 776. The molecule has 116 valence electrons. The molecular formula is C14H13BrN2O4S. The first kappa shape index (κ1) is 16.5. The van der Waals surface area contributed by atoms with Gasteiger partial charge in [-0.2, -0.15) is 0 Å². The van der Waals surface area contributed by atoms with Gasteiger partial charge >= 0.3 is 0 Å². The molecule has 0 aliphatic rings.